The zero-order chi connectivity index (χ0) is 16.2. The third kappa shape index (κ3) is 2.32. The Bertz CT molecular complexity index is 683. The maximum atomic E-state index is 12.4. The number of rotatable bonds is 1. The van der Waals surface area contributed by atoms with E-state index in [2.05, 4.69) is 30.8 Å². The molecule has 1 unspecified atom stereocenters. The molecule has 0 radical (unpaired) electrons. The molecule has 3 atom stereocenters. The van der Waals surface area contributed by atoms with E-state index in [0.29, 0.717) is 17.3 Å². The Balaban J connectivity index is 1.63. The molecule has 7 nitrogen and oxygen atoms in total. The minimum absolute atomic E-state index is 0.0371. The maximum Gasteiger partial charge on any atom is 0.301 e. The first-order valence-corrected chi connectivity index (χ1v) is 8.64. The number of carbonyl (C=O) groups excluding carboxylic acids is 1. The molecule has 122 valence electrons. The first kappa shape index (κ1) is 15.2. The van der Waals surface area contributed by atoms with E-state index in [4.69, 9.17) is 5.84 Å². The zero-order valence-electron chi connectivity index (χ0n) is 13.0. The van der Waals surface area contributed by atoms with Crippen LogP contribution in [-0.4, -0.2) is 64.0 Å². The molecule has 0 spiro atoms. The van der Waals surface area contributed by atoms with E-state index < -0.39 is 0 Å². The zero-order valence-corrected chi connectivity index (χ0v) is 14.6. The molecule has 0 aliphatic carbocycles. The molecule has 0 aromatic rings. The number of hydrogen-bond donors (Lipinski definition) is 1. The van der Waals surface area contributed by atoms with Crippen LogP contribution in [-0.2, 0) is 4.79 Å². The molecule has 4 aliphatic heterocycles. The molecule has 4 aliphatic rings. The summed E-state index contributed by atoms with van der Waals surface area (Å²) in [4.78, 5) is 25.4. The molecular weight excluding hydrogens is 360 g/mol. The number of halogens is 1. The van der Waals surface area contributed by atoms with Crippen LogP contribution in [0.5, 0.6) is 0 Å². The van der Waals surface area contributed by atoms with E-state index in [9.17, 15) is 4.79 Å². The number of aliphatic imine (C=N–C) groups is 2. The summed E-state index contributed by atoms with van der Waals surface area (Å²) in [5.74, 6) is 6.84. The molecule has 0 saturated carbocycles. The molecule has 2 N–H and O–H groups in total. The second-order valence-electron chi connectivity index (χ2n) is 6.68. The molecule has 0 aromatic heterocycles. The van der Waals surface area contributed by atoms with Crippen LogP contribution < -0.4 is 5.84 Å². The van der Waals surface area contributed by atoms with Gasteiger partial charge >= 0.3 is 4.74 Å². The summed E-state index contributed by atoms with van der Waals surface area (Å²) in [5, 5.41) is 0. The minimum atomic E-state index is 0.0371. The first-order chi connectivity index (χ1) is 11.0. The Kier molecular flexibility index (Phi) is 3.53. The van der Waals surface area contributed by atoms with Crippen molar-refractivity contribution >= 4 is 32.8 Å². The number of fused-ring (bicyclic) bond motifs is 2. The molecule has 4 heterocycles. The standard InChI is InChI=1S/C15H20BrN6O/c1-20-8-11-3-2-10(7-21(11)13(23)9-20)14-12-6-18-4-5-22(12,17)15(16)19-14/h4-6,10-11H,2-3,7-9,17H2,1H3/q+1/t10-,11+,22?/m0/s1. The lowest BCUT2D eigenvalue weighted by atomic mass is 9.88. The smallest absolute Gasteiger partial charge is 0.301 e. The van der Waals surface area contributed by atoms with Crippen LogP contribution in [0.2, 0.25) is 0 Å². The summed E-state index contributed by atoms with van der Waals surface area (Å²) >= 11 is 3.49. The summed E-state index contributed by atoms with van der Waals surface area (Å²) in [6, 6.07) is 0.328. The van der Waals surface area contributed by atoms with Gasteiger partial charge in [-0.2, -0.15) is 10.8 Å². The van der Waals surface area contributed by atoms with Gasteiger partial charge in [0.25, 0.3) is 0 Å². The van der Waals surface area contributed by atoms with Crippen molar-refractivity contribution in [3.05, 3.63) is 23.8 Å². The van der Waals surface area contributed by atoms with E-state index in [-0.39, 0.29) is 16.4 Å². The average Bonchev–Trinajstić information content (AvgIpc) is 2.79. The highest BCUT2D eigenvalue weighted by Gasteiger charge is 2.46. The number of carbonyl (C=O) groups is 1. The topological polar surface area (TPSA) is 74.3 Å². The predicted octanol–water partition coefficient (Wildman–Crippen LogP) is 0.761. The van der Waals surface area contributed by atoms with E-state index in [1.165, 1.54) is 0 Å². The third-order valence-corrected chi connectivity index (χ3v) is 5.87. The molecule has 23 heavy (non-hydrogen) atoms. The number of allylic oxidation sites excluding steroid dienone is 1. The number of piperazine rings is 1. The van der Waals surface area contributed by atoms with Crippen molar-refractivity contribution in [2.45, 2.75) is 18.9 Å². The van der Waals surface area contributed by atoms with Crippen molar-refractivity contribution < 1.29 is 9.39 Å². The van der Waals surface area contributed by atoms with Gasteiger partial charge in [0.05, 0.1) is 19.0 Å². The number of likely N-dealkylation sites (N-methyl/N-ethyl adjacent to an activating group) is 1. The minimum Gasteiger partial charge on any atom is -0.337 e. The summed E-state index contributed by atoms with van der Waals surface area (Å²) < 4.78 is 0.701. The fourth-order valence-corrected chi connectivity index (χ4v) is 4.38. The summed E-state index contributed by atoms with van der Waals surface area (Å²) in [7, 11) is 2.01. The van der Waals surface area contributed by atoms with Gasteiger partial charge in [0.2, 0.25) is 11.6 Å². The highest BCUT2D eigenvalue weighted by molar-refractivity contribution is 9.18. The average molecular weight is 380 g/mol. The molecule has 2 fully saturated rings. The van der Waals surface area contributed by atoms with Crippen LogP contribution in [0.3, 0.4) is 0 Å². The predicted molar refractivity (Wildman–Crippen MR) is 91.2 cm³/mol. The van der Waals surface area contributed by atoms with E-state index in [1.54, 1.807) is 12.4 Å². The van der Waals surface area contributed by atoms with E-state index in [1.807, 2.05) is 18.1 Å². The van der Waals surface area contributed by atoms with Gasteiger partial charge in [0, 0.05) is 41.0 Å². The summed E-state index contributed by atoms with van der Waals surface area (Å²) in [6.45, 7) is 2.18. The van der Waals surface area contributed by atoms with Gasteiger partial charge in [-0.25, -0.2) is 0 Å². The van der Waals surface area contributed by atoms with Gasteiger partial charge in [-0.3, -0.25) is 14.7 Å². The molecular formula is C15H20BrN6O+. The quantitative estimate of drug-likeness (QED) is 0.415. The Morgan fingerprint density at radius 1 is 1.39 bits per heavy atom. The number of nitrogens with two attached hydrogens (primary N) is 1. The van der Waals surface area contributed by atoms with Crippen LogP contribution in [0, 0.1) is 5.92 Å². The molecule has 2 saturated heterocycles. The third-order valence-electron chi connectivity index (χ3n) is 5.10. The van der Waals surface area contributed by atoms with Crippen molar-refractivity contribution in [3.63, 3.8) is 0 Å². The first-order valence-electron chi connectivity index (χ1n) is 7.85. The van der Waals surface area contributed by atoms with Crippen molar-refractivity contribution in [2.75, 3.05) is 26.7 Å². The number of amidine groups is 1. The Labute approximate surface area is 143 Å². The molecule has 0 bridgehead atoms. The largest absolute Gasteiger partial charge is 0.337 e. The van der Waals surface area contributed by atoms with Gasteiger partial charge in [-0.05, 0) is 19.9 Å². The lowest BCUT2D eigenvalue weighted by Crippen LogP contribution is -2.58. The highest BCUT2D eigenvalue weighted by atomic mass is 79.9. The van der Waals surface area contributed by atoms with Crippen LogP contribution in [0.4, 0.5) is 0 Å². The monoisotopic (exact) mass is 379 g/mol. The summed E-state index contributed by atoms with van der Waals surface area (Å²) in [5.41, 5.74) is 1.85. The highest BCUT2D eigenvalue weighted by Crippen LogP contribution is 2.38. The van der Waals surface area contributed by atoms with Crippen molar-refractivity contribution in [1.82, 2.24) is 9.80 Å². The molecule has 1 amide bonds. The van der Waals surface area contributed by atoms with Crippen LogP contribution in [0.1, 0.15) is 12.8 Å². The Hall–Kier alpha value is -1.35. The molecule has 0 aromatic carbocycles. The normalized spacial score (nSPS) is 37.1. The molecule has 4 rings (SSSR count). The van der Waals surface area contributed by atoms with Crippen LogP contribution in [0.15, 0.2) is 33.8 Å². The van der Waals surface area contributed by atoms with Crippen molar-refractivity contribution in [2.24, 2.45) is 21.7 Å². The van der Waals surface area contributed by atoms with Gasteiger partial charge in [-0.1, -0.05) is 0 Å². The number of hydrogen-bond acceptors (Lipinski definition) is 5. The summed E-state index contributed by atoms with van der Waals surface area (Å²) in [6.07, 6.45) is 7.29. The fourth-order valence-electron chi connectivity index (χ4n) is 3.88. The van der Waals surface area contributed by atoms with Crippen LogP contribution >= 0.6 is 15.9 Å². The number of piperidine rings is 1. The van der Waals surface area contributed by atoms with Gasteiger partial charge in [0.1, 0.15) is 11.9 Å². The van der Waals surface area contributed by atoms with E-state index in [0.717, 1.165) is 37.3 Å². The van der Waals surface area contributed by atoms with Crippen LogP contribution in [0.25, 0.3) is 0 Å². The number of amides is 1. The maximum absolute atomic E-state index is 12.4. The fraction of sp³-hybridized carbons (Fsp3) is 0.533. The Morgan fingerprint density at radius 2 is 2.22 bits per heavy atom. The van der Waals surface area contributed by atoms with Gasteiger partial charge in [0.15, 0.2) is 0 Å². The SMILES string of the molecule is CN1CC(=O)N2C[C@@H](C3=C4C=NC=C[N+]4(N)C(Br)=N3)CC[C@@H]2C1. The van der Waals surface area contributed by atoms with Crippen molar-refractivity contribution in [3.8, 4) is 0 Å². The second kappa shape index (κ2) is 5.34. The lowest BCUT2D eigenvalue weighted by Gasteiger charge is -2.45. The van der Waals surface area contributed by atoms with Gasteiger partial charge < -0.3 is 4.90 Å². The number of nitrogens with zero attached hydrogens (tertiary/aromatic N) is 5. The van der Waals surface area contributed by atoms with E-state index >= 15 is 0 Å². The second-order valence-corrected chi connectivity index (χ2v) is 7.39. The van der Waals surface area contributed by atoms with Crippen molar-refractivity contribution in [1.29, 1.82) is 0 Å². The van der Waals surface area contributed by atoms with Gasteiger partial charge in [-0.15, -0.1) is 4.59 Å². The molecule has 8 heteroatoms. The number of quaternary nitrogens is 1. The lowest BCUT2D eigenvalue weighted by molar-refractivity contribution is -0.746. The Morgan fingerprint density at radius 3 is 3.04 bits per heavy atom.